The zero-order chi connectivity index (χ0) is 20.9. The van der Waals surface area contributed by atoms with Gasteiger partial charge in [0.05, 0.1) is 17.9 Å². The summed E-state index contributed by atoms with van der Waals surface area (Å²) in [5, 5.41) is 35.5. The lowest BCUT2D eigenvalue weighted by molar-refractivity contribution is -0.225. The van der Waals surface area contributed by atoms with Crippen LogP contribution < -0.4 is 5.73 Å². The molecule has 4 aliphatic carbocycles. The number of nitrogens with two attached hydrogens (primary N) is 1. The van der Waals surface area contributed by atoms with Crippen molar-refractivity contribution in [3.63, 3.8) is 0 Å². The fourth-order valence-corrected chi connectivity index (χ4v) is 8.03. The molecule has 0 heterocycles. The van der Waals surface area contributed by atoms with E-state index in [1.165, 1.54) is 6.21 Å². The maximum Gasteiger partial charge on any atom is 0.111 e. The van der Waals surface area contributed by atoms with E-state index in [0.717, 1.165) is 58.0 Å². The fourth-order valence-electron chi connectivity index (χ4n) is 8.03. The first kappa shape index (κ1) is 21.5. The second-order valence-corrected chi connectivity index (χ2v) is 10.9. The average molecular weight is 409 g/mol. The Hall–Kier alpha value is -0.690. The van der Waals surface area contributed by atoms with Crippen molar-refractivity contribution in [2.45, 2.75) is 95.4 Å². The number of nitrogens with zero attached hydrogens (tertiary/aromatic N) is 1. The van der Waals surface area contributed by atoms with Crippen LogP contribution in [0.5, 0.6) is 0 Å². The van der Waals surface area contributed by atoms with E-state index >= 15 is 0 Å². The van der Waals surface area contributed by atoms with Gasteiger partial charge in [0, 0.05) is 12.0 Å². The fraction of sp³-hybridized carbons (Fsp3) is 0.957. The minimum Gasteiger partial charge on any atom is -0.411 e. The molecule has 4 fully saturated rings. The number of ether oxygens (including phenoxy) is 1. The molecule has 4 aliphatic rings. The lowest BCUT2D eigenvalue weighted by atomic mass is 9.43. The molecule has 3 unspecified atom stereocenters. The maximum absolute atomic E-state index is 12.0. The third-order valence-electron chi connectivity index (χ3n) is 9.98. The van der Waals surface area contributed by atoms with E-state index in [0.29, 0.717) is 37.3 Å². The van der Waals surface area contributed by atoms with E-state index in [9.17, 15) is 10.2 Å². The van der Waals surface area contributed by atoms with Crippen LogP contribution in [0.4, 0.5) is 0 Å². The van der Waals surface area contributed by atoms with Crippen LogP contribution in [-0.2, 0) is 4.74 Å². The first-order valence-electron chi connectivity index (χ1n) is 11.7. The minimum atomic E-state index is -1.23. The number of hydrogen-bond acceptors (Lipinski definition) is 6. The van der Waals surface area contributed by atoms with Gasteiger partial charge in [-0.05, 0) is 93.9 Å². The van der Waals surface area contributed by atoms with Crippen molar-refractivity contribution in [1.82, 2.24) is 0 Å². The van der Waals surface area contributed by atoms with Gasteiger partial charge in [0.25, 0.3) is 0 Å². The third-order valence-corrected chi connectivity index (χ3v) is 9.98. The smallest absolute Gasteiger partial charge is 0.111 e. The Labute approximate surface area is 174 Å². The van der Waals surface area contributed by atoms with Gasteiger partial charge in [0.15, 0.2) is 0 Å². The molecule has 6 nitrogen and oxygen atoms in total. The lowest BCUT2D eigenvalue weighted by Crippen LogP contribution is -2.65. The second-order valence-electron chi connectivity index (χ2n) is 10.9. The number of aliphatic hydroxyl groups is 2. The number of hydrogen-bond donors (Lipinski definition) is 4. The monoisotopic (exact) mass is 408 g/mol. The summed E-state index contributed by atoms with van der Waals surface area (Å²) in [4.78, 5) is 0. The Morgan fingerprint density at radius 1 is 1.03 bits per heavy atom. The topological polar surface area (TPSA) is 108 Å². The highest BCUT2D eigenvalue weighted by atomic mass is 16.5. The zero-order valence-electron chi connectivity index (χ0n) is 18.1. The highest BCUT2D eigenvalue weighted by molar-refractivity contribution is 5.71. The summed E-state index contributed by atoms with van der Waals surface area (Å²) in [6.45, 7) is 5.91. The van der Waals surface area contributed by atoms with Gasteiger partial charge in [0.2, 0.25) is 0 Å². The van der Waals surface area contributed by atoms with Crippen LogP contribution in [-0.4, -0.2) is 52.1 Å². The molecule has 4 saturated carbocycles. The van der Waals surface area contributed by atoms with Crippen LogP contribution in [0.3, 0.4) is 0 Å². The highest BCUT2D eigenvalue weighted by Crippen LogP contribution is 2.69. The summed E-state index contributed by atoms with van der Waals surface area (Å²) in [6, 6.07) is 0. The number of oxime groups is 1. The molecular weight excluding hydrogens is 368 g/mol. The third kappa shape index (κ3) is 3.00. The lowest BCUT2D eigenvalue weighted by Gasteiger charge is -2.64. The first-order valence-corrected chi connectivity index (χ1v) is 11.7. The van der Waals surface area contributed by atoms with Crippen molar-refractivity contribution in [2.24, 2.45) is 39.5 Å². The molecule has 0 amide bonds. The standard InChI is InChI=1S/C23H40N2O4/c1-20-8-6-17(29-13-3-12-24)14-16(20)4-5-19-18(20)7-9-21(2)22(26,15-25-28)10-11-23(19,21)27/h15-19,26-28H,3-14,24H2,1-2H3/b25-15+/t16?,17?,18-,19-,20+,21-,22?,23-/m1/s1. The Morgan fingerprint density at radius 2 is 1.83 bits per heavy atom. The summed E-state index contributed by atoms with van der Waals surface area (Å²) in [5.41, 5.74) is 3.06. The molecule has 29 heavy (non-hydrogen) atoms. The molecular formula is C23H40N2O4. The van der Waals surface area contributed by atoms with Crippen molar-refractivity contribution < 1.29 is 20.2 Å². The van der Waals surface area contributed by atoms with E-state index in [4.69, 9.17) is 15.7 Å². The summed E-state index contributed by atoms with van der Waals surface area (Å²) < 4.78 is 6.11. The van der Waals surface area contributed by atoms with Crippen molar-refractivity contribution in [1.29, 1.82) is 0 Å². The second kappa shape index (κ2) is 7.47. The van der Waals surface area contributed by atoms with Crippen LogP contribution >= 0.6 is 0 Å². The average Bonchev–Trinajstić information content (AvgIpc) is 2.90. The largest absolute Gasteiger partial charge is 0.411 e. The molecule has 0 saturated heterocycles. The SMILES string of the molecule is C[C@]12CCC(OCCCN)CC1CC[C@@H]1[C@H]2CC[C@]2(C)C(O)(/C=N/O)CC[C@@]12O. The van der Waals surface area contributed by atoms with Crippen LogP contribution in [0, 0.1) is 28.6 Å². The molecule has 4 rings (SSSR count). The van der Waals surface area contributed by atoms with Crippen LogP contribution in [0.1, 0.15) is 78.1 Å². The molecule has 0 aromatic carbocycles. The molecule has 0 bridgehead atoms. The van der Waals surface area contributed by atoms with Gasteiger partial charge >= 0.3 is 0 Å². The van der Waals surface area contributed by atoms with E-state index in [-0.39, 0.29) is 11.3 Å². The Morgan fingerprint density at radius 3 is 2.55 bits per heavy atom. The summed E-state index contributed by atoms with van der Waals surface area (Å²) in [5.74, 6) is 1.34. The van der Waals surface area contributed by atoms with E-state index in [1.54, 1.807) is 0 Å². The quantitative estimate of drug-likeness (QED) is 0.242. The minimum absolute atomic E-state index is 0.207. The maximum atomic E-state index is 12.0. The molecule has 0 aliphatic heterocycles. The van der Waals surface area contributed by atoms with E-state index in [1.807, 2.05) is 6.92 Å². The predicted molar refractivity (Wildman–Crippen MR) is 112 cm³/mol. The van der Waals surface area contributed by atoms with Crippen molar-refractivity contribution in [2.75, 3.05) is 13.2 Å². The molecule has 0 aromatic rings. The Balaban J connectivity index is 1.54. The molecule has 0 spiro atoms. The van der Waals surface area contributed by atoms with Crippen LogP contribution in [0.2, 0.25) is 0 Å². The molecule has 8 atom stereocenters. The molecule has 6 heteroatoms. The van der Waals surface area contributed by atoms with Gasteiger partial charge in [-0.1, -0.05) is 19.0 Å². The Kier molecular flexibility index (Phi) is 5.55. The van der Waals surface area contributed by atoms with Gasteiger partial charge < -0.3 is 25.9 Å². The van der Waals surface area contributed by atoms with Gasteiger partial charge in [-0.2, -0.15) is 0 Å². The summed E-state index contributed by atoms with van der Waals surface area (Å²) in [7, 11) is 0. The highest BCUT2D eigenvalue weighted by Gasteiger charge is 2.71. The van der Waals surface area contributed by atoms with Gasteiger partial charge in [-0.3, -0.25) is 0 Å². The zero-order valence-corrected chi connectivity index (χ0v) is 18.1. The Bertz CT molecular complexity index is 644. The van der Waals surface area contributed by atoms with E-state index in [2.05, 4.69) is 12.1 Å². The van der Waals surface area contributed by atoms with E-state index < -0.39 is 16.6 Å². The number of fused-ring (bicyclic) bond motifs is 5. The van der Waals surface area contributed by atoms with Crippen molar-refractivity contribution >= 4 is 6.21 Å². The number of rotatable bonds is 5. The predicted octanol–water partition coefficient (Wildman–Crippen LogP) is 3.07. The van der Waals surface area contributed by atoms with Crippen molar-refractivity contribution in [3.05, 3.63) is 0 Å². The van der Waals surface area contributed by atoms with Crippen molar-refractivity contribution in [3.8, 4) is 0 Å². The van der Waals surface area contributed by atoms with Gasteiger partial charge in [-0.15, -0.1) is 0 Å². The summed E-state index contributed by atoms with van der Waals surface area (Å²) in [6.07, 6.45) is 10.9. The molecule has 0 aromatic heterocycles. The van der Waals surface area contributed by atoms with Gasteiger partial charge in [-0.25, -0.2) is 0 Å². The molecule has 166 valence electrons. The normalized spacial score (nSPS) is 52.2. The molecule has 5 N–H and O–H groups in total. The first-order chi connectivity index (χ1) is 13.7. The summed E-state index contributed by atoms with van der Waals surface area (Å²) >= 11 is 0. The molecule has 0 radical (unpaired) electrons. The van der Waals surface area contributed by atoms with Gasteiger partial charge in [0.1, 0.15) is 5.60 Å². The van der Waals surface area contributed by atoms with Crippen LogP contribution in [0.25, 0.3) is 0 Å². The van der Waals surface area contributed by atoms with Crippen LogP contribution in [0.15, 0.2) is 5.16 Å².